The molecule has 0 spiro atoms. The Balaban J connectivity index is 1.64. The zero-order valence-corrected chi connectivity index (χ0v) is 15.3. The predicted molar refractivity (Wildman–Crippen MR) is 97.7 cm³/mol. The molecule has 1 saturated heterocycles. The summed E-state index contributed by atoms with van der Waals surface area (Å²) in [6.45, 7) is 2.93. The van der Waals surface area contributed by atoms with E-state index in [1.54, 1.807) is 35.0 Å². The Morgan fingerprint density at radius 2 is 2.04 bits per heavy atom. The number of carbonyl (C=O) groups is 2. The van der Waals surface area contributed by atoms with E-state index in [0.29, 0.717) is 49.9 Å². The van der Waals surface area contributed by atoms with Crippen molar-refractivity contribution >= 4 is 17.6 Å². The summed E-state index contributed by atoms with van der Waals surface area (Å²) in [6, 6.07) is 4.63. The molecule has 2 N–H and O–H groups in total. The molecule has 0 aromatic heterocycles. The van der Waals surface area contributed by atoms with Gasteiger partial charge in [-0.3, -0.25) is 4.79 Å². The van der Waals surface area contributed by atoms with Crippen LogP contribution in [0.15, 0.2) is 18.2 Å². The van der Waals surface area contributed by atoms with Crippen LogP contribution in [0.4, 0.5) is 10.5 Å². The number of amides is 3. The molecule has 142 valence electrons. The van der Waals surface area contributed by atoms with Crippen LogP contribution in [0.2, 0.25) is 0 Å². The highest BCUT2D eigenvalue weighted by Gasteiger charge is 2.35. The van der Waals surface area contributed by atoms with Crippen molar-refractivity contribution in [3.63, 3.8) is 0 Å². The van der Waals surface area contributed by atoms with Crippen molar-refractivity contribution in [3.8, 4) is 11.5 Å². The zero-order valence-electron chi connectivity index (χ0n) is 15.3. The van der Waals surface area contributed by atoms with E-state index in [1.807, 2.05) is 7.05 Å². The van der Waals surface area contributed by atoms with Gasteiger partial charge in [0.15, 0.2) is 11.5 Å². The average Bonchev–Trinajstić information content (AvgIpc) is 3.15. The van der Waals surface area contributed by atoms with E-state index in [4.69, 9.17) is 9.47 Å². The molecule has 8 heteroatoms. The van der Waals surface area contributed by atoms with Crippen LogP contribution in [0, 0.1) is 0 Å². The first-order valence-corrected chi connectivity index (χ1v) is 8.97. The molecule has 1 atom stereocenters. The Labute approximate surface area is 153 Å². The van der Waals surface area contributed by atoms with E-state index >= 15 is 0 Å². The molecule has 3 rings (SSSR count). The van der Waals surface area contributed by atoms with Gasteiger partial charge in [-0.15, -0.1) is 0 Å². The maximum Gasteiger partial charge on any atom is 0.322 e. The minimum absolute atomic E-state index is 0.0184. The third-order valence-electron chi connectivity index (χ3n) is 4.67. The quantitative estimate of drug-likeness (QED) is 0.821. The first-order valence-electron chi connectivity index (χ1n) is 8.97. The van der Waals surface area contributed by atoms with Crippen molar-refractivity contribution < 1.29 is 19.1 Å². The van der Waals surface area contributed by atoms with Crippen molar-refractivity contribution in [3.05, 3.63) is 18.2 Å². The van der Waals surface area contributed by atoms with Gasteiger partial charge in [0.1, 0.15) is 19.3 Å². The van der Waals surface area contributed by atoms with Crippen molar-refractivity contribution in [2.75, 3.05) is 52.3 Å². The smallest absolute Gasteiger partial charge is 0.322 e. The Morgan fingerprint density at radius 3 is 2.81 bits per heavy atom. The standard InChI is InChI=1S/C18H26N4O4/c1-19-7-9-21(2)17(23)14-4-3-8-22(14)18(24)20-13-5-6-15-16(12-13)26-11-10-25-15/h5-6,12,14,19H,3-4,7-11H2,1-2H3,(H,20,24)/t14-/m0/s1. The summed E-state index contributed by atoms with van der Waals surface area (Å²) in [5, 5.41) is 5.90. The average molecular weight is 362 g/mol. The SMILES string of the molecule is CNCCN(C)C(=O)[C@@H]1CCCN1C(=O)Nc1ccc2c(c1)OCCO2. The Kier molecular flexibility index (Phi) is 5.82. The molecule has 2 heterocycles. The van der Waals surface area contributed by atoms with Crippen molar-refractivity contribution in [1.82, 2.24) is 15.1 Å². The van der Waals surface area contributed by atoms with Gasteiger partial charge in [-0.2, -0.15) is 0 Å². The largest absolute Gasteiger partial charge is 0.486 e. The lowest BCUT2D eigenvalue weighted by molar-refractivity contribution is -0.133. The third kappa shape index (κ3) is 4.01. The maximum atomic E-state index is 12.7. The van der Waals surface area contributed by atoms with Crippen LogP contribution in [0.3, 0.4) is 0 Å². The van der Waals surface area contributed by atoms with E-state index in [2.05, 4.69) is 10.6 Å². The van der Waals surface area contributed by atoms with E-state index in [9.17, 15) is 9.59 Å². The van der Waals surface area contributed by atoms with Crippen LogP contribution in [-0.4, -0.2) is 74.7 Å². The molecule has 26 heavy (non-hydrogen) atoms. The number of ether oxygens (including phenoxy) is 2. The lowest BCUT2D eigenvalue weighted by atomic mass is 10.2. The minimum atomic E-state index is -0.408. The number of nitrogens with one attached hydrogen (secondary N) is 2. The van der Waals surface area contributed by atoms with E-state index < -0.39 is 6.04 Å². The second-order valence-electron chi connectivity index (χ2n) is 6.50. The topological polar surface area (TPSA) is 83.1 Å². The number of benzene rings is 1. The van der Waals surface area contributed by atoms with Gasteiger partial charge in [0, 0.05) is 38.4 Å². The third-order valence-corrected chi connectivity index (χ3v) is 4.67. The molecular formula is C18H26N4O4. The molecule has 0 bridgehead atoms. The number of nitrogens with zero attached hydrogens (tertiary/aromatic N) is 2. The van der Waals surface area contributed by atoms with Crippen LogP contribution >= 0.6 is 0 Å². The number of likely N-dealkylation sites (N-methyl/N-ethyl adjacent to an activating group) is 2. The summed E-state index contributed by atoms with van der Waals surface area (Å²) in [5.41, 5.74) is 0.626. The molecule has 1 aromatic carbocycles. The highest BCUT2D eigenvalue weighted by Crippen LogP contribution is 2.33. The Morgan fingerprint density at radius 1 is 1.27 bits per heavy atom. The van der Waals surface area contributed by atoms with E-state index in [-0.39, 0.29) is 11.9 Å². The summed E-state index contributed by atoms with van der Waals surface area (Å²) < 4.78 is 11.0. The van der Waals surface area contributed by atoms with Crippen LogP contribution in [0.1, 0.15) is 12.8 Å². The van der Waals surface area contributed by atoms with Gasteiger partial charge in [-0.25, -0.2) is 4.79 Å². The van der Waals surface area contributed by atoms with Crippen LogP contribution in [0.5, 0.6) is 11.5 Å². The number of carbonyl (C=O) groups excluding carboxylic acids is 2. The fourth-order valence-corrected chi connectivity index (χ4v) is 3.23. The first-order chi connectivity index (χ1) is 12.6. The van der Waals surface area contributed by atoms with Gasteiger partial charge < -0.3 is 29.9 Å². The van der Waals surface area contributed by atoms with Gasteiger partial charge >= 0.3 is 6.03 Å². The van der Waals surface area contributed by atoms with Gasteiger partial charge in [-0.05, 0) is 32.0 Å². The van der Waals surface area contributed by atoms with Crippen LogP contribution in [-0.2, 0) is 4.79 Å². The maximum absolute atomic E-state index is 12.7. The highest BCUT2D eigenvalue weighted by molar-refractivity contribution is 5.94. The summed E-state index contributed by atoms with van der Waals surface area (Å²) >= 11 is 0. The molecule has 0 aliphatic carbocycles. The van der Waals surface area contributed by atoms with Gasteiger partial charge in [0.2, 0.25) is 5.91 Å². The monoisotopic (exact) mass is 362 g/mol. The number of rotatable bonds is 5. The number of likely N-dealkylation sites (tertiary alicyclic amines) is 1. The van der Waals surface area contributed by atoms with Crippen molar-refractivity contribution in [1.29, 1.82) is 0 Å². The lowest BCUT2D eigenvalue weighted by Gasteiger charge is -2.28. The Bertz CT molecular complexity index is 667. The molecule has 3 amide bonds. The normalized spacial score (nSPS) is 18.5. The highest BCUT2D eigenvalue weighted by atomic mass is 16.6. The van der Waals surface area contributed by atoms with Crippen molar-refractivity contribution in [2.24, 2.45) is 0 Å². The summed E-state index contributed by atoms with van der Waals surface area (Å²) in [6.07, 6.45) is 1.52. The number of hydrogen-bond acceptors (Lipinski definition) is 5. The zero-order chi connectivity index (χ0) is 18.5. The molecule has 8 nitrogen and oxygen atoms in total. The van der Waals surface area contributed by atoms with Crippen LogP contribution < -0.4 is 20.1 Å². The number of hydrogen-bond donors (Lipinski definition) is 2. The molecule has 1 aromatic rings. The van der Waals surface area contributed by atoms with Crippen LogP contribution in [0.25, 0.3) is 0 Å². The number of anilines is 1. The fraction of sp³-hybridized carbons (Fsp3) is 0.556. The van der Waals surface area contributed by atoms with E-state index in [1.165, 1.54) is 0 Å². The molecule has 2 aliphatic rings. The molecule has 0 radical (unpaired) electrons. The molecule has 2 aliphatic heterocycles. The molecule has 0 saturated carbocycles. The molecule has 0 unspecified atom stereocenters. The predicted octanol–water partition coefficient (Wildman–Crippen LogP) is 1.13. The minimum Gasteiger partial charge on any atom is -0.486 e. The van der Waals surface area contributed by atoms with Gasteiger partial charge in [-0.1, -0.05) is 0 Å². The summed E-state index contributed by atoms with van der Waals surface area (Å²) in [4.78, 5) is 28.6. The summed E-state index contributed by atoms with van der Waals surface area (Å²) in [7, 11) is 3.62. The number of fused-ring (bicyclic) bond motifs is 1. The van der Waals surface area contributed by atoms with E-state index in [0.717, 1.165) is 13.0 Å². The summed E-state index contributed by atoms with van der Waals surface area (Å²) in [5.74, 6) is 1.28. The van der Waals surface area contributed by atoms with Crippen molar-refractivity contribution in [2.45, 2.75) is 18.9 Å². The Hall–Kier alpha value is -2.48. The second-order valence-corrected chi connectivity index (χ2v) is 6.50. The van der Waals surface area contributed by atoms with Gasteiger partial charge in [0.25, 0.3) is 0 Å². The lowest BCUT2D eigenvalue weighted by Crippen LogP contribution is -2.49. The first kappa shape index (κ1) is 18.3. The second kappa shape index (κ2) is 8.27. The van der Waals surface area contributed by atoms with Gasteiger partial charge in [0.05, 0.1) is 0 Å². The molecule has 1 fully saturated rings. The molecular weight excluding hydrogens is 336 g/mol. The fourth-order valence-electron chi connectivity index (χ4n) is 3.23. The number of urea groups is 1.